The molecule has 0 heterocycles. The number of hydrogen-bond donors (Lipinski definition) is 1. The first-order valence-corrected chi connectivity index (χ1v) is 10.1. The average molecular weight is 436 g/mol. The molecule has 8 nitrogen and oxygen atoms in total. The molecule has 0 aromatic heterocycles. The van der Waals surface area contributed by atoms with E-state index >= 15 is 0 Å². The predicted octanol–water partition coefficient (Wildman–Crippen LogP) is 3.10. The van der Waals surface area contributed by atoms with Crippen LogP contribution in [0.25, 0.3) is 0 Å². The first kappa shape index (κ1) is 26.2. The van der Waals surface area contributed by atoms with Crippen molar-refractivity contribution in [3.63, 3.8) is 0 Å². The number of Topliss-reactive ketones (excluding diaryl/α,β-unsaturated/α-hetero) is 1. The Morgan fingerprint density at radius 2 is 1.68 bits per heavy atom. The quantitative estimate of drug-likeness (QED) is 0.505. The molecule has 0 radical (unpaired) electrons. The topological polar surface area (TPSA) is 102 Å². The number of amides is 2. The van der Waals surface area contributed by atoms with Gasteiger partial charge in [0.1, 0.15) is 5.60 Å². The summed E-state index contributed by atoms with van der Waals surface area (Å²) in [4.78, 5) is 38.2. The van der Waals surface area contributed by atoms with Crippen LogP contribution in [0, 0.1) is 11.8 Å². The van der Waals surface area contributed by atoms with Crippen LogP contribution in [-0.4, -0.2) is 57.7 Å². The summed E-state index contributed by atoms with van der Waals surface area (Å²) in [5, 5.41) is 10.8. The zero-order valence-corrected chi connectivity index (χ0v) is 19.8. The van der Waals surface area contributed by atoms with Crippen molar-refractivity contribution in [2.45, 2.75) is 85.7 Å². The molecule has 0 aliphatic heterocycles. The fraction of sp³-hybridized carbons (Fsp3) is 0.609. The summed E-state index contributed by atoms with van der Waals surface area (Å²) in [6.07, 6.45) is -0.239. The lowest BCUT2D eigenvalue weighted by molar-refractivity contribution is -0.143. The lowest BCUT2D eigenvalue weighted by Gasteiger charge is -2.36. The number of carbonyl (C=O) groups excluding carboxylic acids is 3. The Kier molecular flexibility index (Phi) is 8.48. The van der Waals surface area contributed by atoms with Gasteiger partial charge in [-0.2, -0.15) is 0 Å². The molecule has 0 aromatic rings. The van der Waals surface area contributed by atoms with Crippen molar-refractivity contribution in [3.05, 3.63) is 23.2 Å². The minimum atomic E-state index is -2.20. The normalized spacial score (nSPS) is 18.1. The van der Waals surface area contributed by atoms with E-state index in [9.17, 15) is 19.5 Å². The Morgan fingerprint density at radius 3 is 2.13 bits per heavy atom. The maximum Gasteiger partial charge on any atom is 0.418 e. The van der Waals surface area contributed by atoms with Gasteiger partial charge in [-0.15, -0.1) is 0 Å². The molecule has 0 fully saturated rings. The van der Waals surface area contributed by atoms with E-state index in [1.165, 1.54) is 6.08 Å². The Morgan fingerprint density at radius 1 is 1.13 bits per heavy atom. The van der Waals surface area contributed by atoms with Crippen LogP contribution in [0.1, 0.15) is 62.3 Å². The fourth-order valence-electron chi connectivity index (χ4n) is 2.42. The fourth-order valence-corrected chi connectivity index (χ4v) is 2.42. The van der Waals surface area contributed by atoms with Gasteiger partial charge in [0.15, 0.2) is 5.76 Å². The van der Waals surface area contributed by atoms with Crippen molar-refractivity contribution >= 4 is 17.8 Å². The van der Waals surface area contributed by atoms with Crippen LogP contribution in [0.4, 0.5) is 4.79 Å². The zero-order valence-electron chi connectivity index (χ0n) is 19.8. The smallest absolute Gasteiger partial charge is 0.418 e. The maximum atomic E-state index is 12.5. The van der Waals surface area contributed by atoms with Crippen molar-refractivity contribution in [3.8, 4) is 11.8 Å². The number of rotatable bonds is 6. The molecule has 1 atom stereocenters. The molecular weight excluding hydrogens is 402 g/mol. The van der Waals surface area contributed by atoms with Crippen LogP contribution in [0.5, 0.6) is 0 Å². The highest BCUT2D eigenvalue weighted by Gasteiger charge is 2.56. The lowest BCUT2D eigenvalue weighted by Crippen LogP contribution is -2.52. The summed E-state index contributed by atoms with van der Waals surface area (Å²) in [6.45, 7) is 15.0. The highest BCUT2D eigenvalue weighted by molar-refractivity contribution is 6.12. The molecule has 1 aliphatic carbocycles. The molecule has 2 amide bonds. The molecule has 0 spiro atoms. The first-order chi connectivity index (χ1) is 14.1. The van der Waals surface area contributed by atoms with Gasteiger partial charge in [0.25, 0.3) is 17.3 Å². The van der Waals surface area contributed by atoms with Crippen molar-refractivity contribution in [2.75, 3.05) is 6.54 Å². The SMILES string of the molecule is CC(C)=CC(=O)N(CC#CC1(O)C(=O)C(OC(C)C)=C1OC(C)C)C(=O)OC(C)(C)C. The lowest BCUT2D eigenvalue weighted by atomic mass is 9.83. The van der Waals surface area contributed by atoms with Crippen LogP contribution in [0.3, 0.4) is 0 Å². The summed E-state index contributed by atoms with van der Waals surface area (Å²) in [5.41, 5.74) is -2.33. The second-order valence-electron chi connectivity index (χ2n) is 8.96. The van der Waals surface area contributed by atoms with Crippen LogP contribution in [0.2, 0.25) is 0 Å². The summed E-state index contributed by atoms with van der Waals surface area (Å²) in [5.74, 6) is 3.47. The molecule has 0 aromatic carbocycles. The van der Waals surface area contributed by atoms with Gasteiger partial charge in [-0.3, -0.25) is 9.59 Å². The van der Waals surface area contributed by atoms with Crippen LogP contribution in [0.15, 0.2) is 23.2 Å². The van der Waals surface area contributed by atoms with E-state index in [-0.39, 0.29) is 30.3 Å². The number of imide groups is 1. The Bertz CT molecular complexity index is 845. The third kappa shape index (κ3) is 7.14. The van der Waals surface area contributed by atoms with E-state index in [1.807, 2.05) is 0 Å². The minimum Gasteiger partial charge on any atom is -0.487 e. The van der Waals surface area contributed by atoms with Gasteiger partial charge in [-0.05, 0) is 68.2 Å². The van der Waals surface area contributed by atoms with Gasteiger partial charge >= 0.3 is 6.09 Å². The van der Waals surface area contributed by atoms with Gasteiger partial charge in [0, 0.05) is 6.08 Å². The molecule has 0 saturated heterocycles. The monoisotopic (exact) mass is 435 g/mol. The molecule has 1 unspecified atom stereocenters. The third-order valence-electron chi connectivity index (χ3n) is 3.58. The number of hydrogen-bond acceptors (Lipinski definition) is 7. The number of nitrogens with zero attached hydrogens (tertiary/aromatic N) is 1. The van der Waals surface area contributed by atoms with E-state index in [4.69, 9.17) is 14.2 Å². The number of aliphatic hydroxyl groups is 1. The van der Waals surface area contributed by atoms with Crippen molar-refractivity contribution < 1.29 is 33.7 Å². The first-order valence-electron chi connectivity index (χ1n) is 10.1. The van der Waals surface area contributed by atoms with Crippen LogP contribution < -0.4 is 0 Å². The van der Waals surface area contributed by atoms with E-state index in [0.717, 1.165) is 4.90 Å². The molecule has 0 saturated carbocycles. The summed E-state index contributed by atoms with van der Waals surface area (Å²) < 4.78 is 16.3. The predicted molar refractivity (Wildman–Crippen MR) is 115 cm³/mol. The molecule has 0 bridgehead atoms. The summed E-state index contributed by atoms with van der Waals surface area (Å²) >= 11 is 0. The number of ether oxygens (including phenoxy) is 3. The molecule has 1 N–H and O–H groups in total. The van der Waals surface area contributed by atoms with E-state index in [1.54, 1.807) is 62.3 Å². The second-order valence-corrected chi connectivity index (χ2v) is 8.96. The van der Waals surface area contributed by atoms with Crippen LogP contribution in [-0.2, 0) is 23.8 Å². The van der Waals surface area contributed by atoms with Gasteiger partial charge < -0.3 is 19.3 Å². The Labute approximate surface area is 184 Å². The highest BCUT2D eigenvalue weighted by Crippen LogP contribution is 2.37. The molecule has 1 aliphatic rings. The van der Waals surface area contributed by atoms with E-state index in [2.05, 4.69) is 11.8 Å². The third-order valence-corrected chi connectivity index (χ3v) is 3.58. The van der Waals surface area contributed by atoms with Gasteiger partial charge in [-0.25, -0.2) is 9.69 Å². The van der Waals surface area contributed by atoms with E-state index in [0.29, 0.717) is 5.57 Å². The zero-order chi connectivity index (χ0) is 24.1. The van der Waals surface area contributed by atoms with Gasteiger partial charge in [0.05, 0.1) is 18.8 Å². The largest absolute Gasteiger partial charge is 0.487 e. The van der Waals surface area contributed by atoms with E-state index < -0.39 is 29.0 Å². The molecule has 31 heavy (non-hydrogen) atoms. The Balaban J connectivity index is 3.21. The van der Waals surface area contributed by atoms with Crippen molar-refractivity contribution in [1.82, 2.24) is 4.90 Å². The summed E-state index contributed by atoms with van der Waals surface area (Å²) in [6, 6.07) is 0. The van der Waals surface area contributed by atoms with Crippen molar-refractivity contribution in [2.24, 2.45) is 0 Å². The molecule has 8 heteroatoms. The number of allylic oxidation sites excluding steroid dienone is 1. The van der Waals surface area contributed by atoms with Crippen molar-refractivity contribution in [1.29, 1.82) is 0 Å². The minimum absolute atomic E-state index is 0.0758. The number of carbonyl (C=O) groups is 3. The standard InChI is InChI=1S/C23H33NO7/c1-14(2)13-17(25)24(21(27)31-22(7,8)9)12-10-11-23(28)19(26)18(29-15(3)4)20(23)30-16(5)6/h13,15-16,28H,12H2,1-9H3. The van der Waals surface area contributed by atoms with Gasteiger partial charge in [-0.1, -0.05) is 11.5 Å². The maximum absolute atomic E-state index is 12.5. The molecular formula is C23H33NO7. The second kappa shape index (κ2) is 10.0. The Hall–Kier alpha value is -2.79. The molecule has 172 valence electrons. The summed E-state index contributed by atoms with van der Waals surface area (Å²) in [7, 11) is 0. The van der Waals surface area contributed by atoms with Crippen LogP contribution >= 0.6 is 0 Å². The highest BCUT2D eigenvalue weighted by atomic mass is 16.6. The van der Waals surface area contributed by atoms with Gasteiger partial charge in [0.2, 0.25) is 5.76 Å². The number of ketones is 1. The average Bonchev–Trinajstić information content (AvgIpc) is 2.58. The molecule has 1 rings (SSSR count).